The number of hydrogen-bond donors (Lipinski definition) is 1. The van der Waals surface area contributed by atoms with Gasteiger partial charge in [0, 0.05) is 25.9 Å². The van der Waals surface area contributed by atoms with E-state index in [0.717, 1.165) is 5.56 Å². The molecule has 0 bridgehead atoms. The molecule has 0 saturated carbocycles. The molecular formula is C14H18FN3O2. The largest absolute Gasteiger partial charge is 0.494 e. The van der Waals surface area contributed by atoms with E-state index in [0.29, 0.717) is 24.7 Å². The van der Waals surface area contributed by atoms with Crippen molar-refractivity contribution in [3.8, 4) is 5.75 Å². The van der Waals surface area contributed by atoms with Gasteiger partial charge in [0.25, 0.3) is 0 Å². The number of nitrogens with one attached hydrogen (secondary N) is 1. The predicted molar refractivity (Wildman–Crippen MR) is 72.1 cm³/mol. The minimum absolute atomic E-state index is 0.0810. The highest BCUT2D eigenvalue weighted by molar-refractivity contribution is 5.31. The maximum absolute atomic E-state index is 13.3. The second-order valence-electron chi connectivity index (χ2n) is 4.55. The summed E-state index contributed by atoms with van der Waals surface area (Å²) in [6, 6.07) is 4.94. The predicted octanol–water partition coefficient (Wildman–Crippen LogP) is 2.42. The first-order valence-electron chi connectivity index (χ1n) is 6.46. The molecule has 2 aromatic rings. The highest BCUT2D eigenvalue weighted by Gasteiger charge is 2.10. The summed E-state index contributed by atoms with van der Waals surface area (Å²) in [5, 5.41) is 7.16. The molecular weight excluding hydrogens is 261 g/mol. The number of methoxy groups -OCH3 is 1. The van der Waals surface area contributed by atoms with Crippen LogP contribution in [0.3, 0.4) is 0 Å². The van der Waals surface area contributed by atoms with Crippen LogP contribution >= 0.6 is 0 Å². The molecule has 2 rings (SSSR count). The summed E-state index contributed by atoms with van der Waals surface area (Å²) < 4.78 is 23.2. The summed E-state index contributed by atoms with van der Waals surface area (Å²) in [4.78, 5) is 4.13. The van der Waals surface area contributed by atoms with Crippen LogP contribution in [-0.2, 0) is 6.42 Å². The molecule has 0 radical (unpaired) electrons. The molecule has 1 atom stereocenters. The molecule has 0 fully saturated rings. The Kier molecular flexibility index (Phi) is 4.68. The molecule has 0 saturated heterocycles. The first-order chi connectivity index (χ1) is 9.60. The summed E-state index contributed by atoms with van der Waals surface area (Å²) in [7, 11) is 1.46. The van der Waals surface area contributed by atoms with Crippen LogP contribution in [0.25, 0.3) is 0 Å². The number of benzene rings is 1. The molecule has 0 spiro atoms. The monoisotopic (exact) mass is 279 g/mol. The van der Waals surface area contributed by atoms with Crippen LogP contribution in [0.2, 0.25) is 0 Å². The minimum atomic E-state index is -0.356. The third-order valence-corrected chi connectivity index (χ3v) is 3.04. The molecule has 108 valence electrons. The summed E-state index contributed by atoms with van der Waals surface area (Å²) in [6.45, 7) is 4.48. The fraction of sp³-hybridized carbons (Fsp3) is 0.429. The van der Waals surface area contributed by atoms with Crippen molar-refractivity contribution in [2.45, 2.75) is 26.3 Å². The zero-order valence-electron chi connectivity index (χ0n) is 11.8. The number of nitrogens with zero attached hydrogens (tertiary/aromatic N) is 2. The lowest BCUT2D eigenvalue weighted by Gasteiger charge is -2.14. The van der Waals surface area contributed by atoms with Gasteiger partial charge in [0.2, 0.25) is 5.89 Å². The number of hydrogen-bond acceptors (Lipinski definition) is 5. The standard InChI is InChI=1S/C14H18FN3O2/c1-9(11-4-5-12(15)13(8-11)19-3)16-7-6-14-17-10(2)20-18-14/h4-5,8-9,16H,6-7H2,1-3H3. The van der Waals surface area contributed by atoms with Crippen LogP contribution < -0.4 is 10.1 Å². The van der Waals surface area contributed by atoms with Gasteiger partial charge in [-0.1, -0.05) is 11.2 Å². The number of halogens is 1. The Labute approximate surface area is 117 Å². The lowest BCUT2D eigenvalue weighted by molar-refractivity contribution is 0.384. The van der Waals surface area contributed by atoms with Crippen molar-refractivity contribution in [2.24, 2.45) is 0 Å². The molecule has 0 amide bonds. The summed E-state index contributed by atoms with van der Waals surface area (Å²) in [6.07, 6.45) is 0.681. The van der Waals surface area contributed by atoms with Crippen LogP contribution in [-0.4, -0.2) is 23.8 Å². The van der Waals surface area contributed by atoms with Gasteiger partial charge in [-0.25, -0.2) is 4.39 Å². The van der Waals surface area contributed by atoms with Crippen molar-refractivity contribution in [1.29, 1.82) is 0 Å². The van der Waals surface area contributed by atoms with E-state index >= 15 is 0 Å². The molecule has 0 aliphatic rings. The Bertz CT molecular complexity index is 571. The maximum atomic E-state index is 13.3. The molecule has 1 unspecified atom stereocenters. The molecule has 1 aromatic heterocycles. The number of aryl methyl sites for hydroxylation is 1. The molecule has 6 heteroatoms. The van der Waals surface area contributed by atoms with Crippen molar-refractivity contribution in [1.82, 2.24) is 15.5 Å². The van der Waals surface area contributed by atoms with E-state index < -0.39 is 0 Å². The van der Waals surface area contributed by atoms with E-state index in [4.69, 9.17) is 9.26 Å². The minimum Gasteiger partial charge on any atom is -0.494 e. The van der Waals surface area contributed by atoms with Gasteiger partial charge in [-0.2, -0.15) is 4.98 Å². The quantitative estimate of drug-likeness (QED) is 0.880. The fourth-order valence-corrected chi connectivity index (χ4v) is 1.91. The maximum Gasteiger partial charge on any atom is 0.223 e. The van der Waals surface area contributed by atoms with E-state index in [1.54, 1.807) is 19.1 Å². The smallest absolute Gasteiger partial charge is 0.223 e. The van der Waals surface area contributed by atoms with E-state index in [-0.39, 0.29) is 17.6 Å². The summed E-state index contributed by atoms with van der Waals surface area (Å²) >= 11 is 0. The van der Waals surface area contributed by atoms with Crippen molar-refractivity contribution in [2.75, 3.05) is 13.7 Å². The SMILES string of the molecule is COc1cc(C(C)NCCc2noc(C)n2)ccc1F. The lowest BCUT2D eigenvalue weighted by atomic mass is 10.1. The first kappa shape index (κ1) is 14.5. The summed E-state index contributed by atoms with van der Waals surface area (Å²) in [5.41, 5.74) is 0.965. The van der Waals surface area contributed by atoms with Gasteiger partial charge in [-0.3, -0.25) is 0 Å². The molecule has 5 nitrogen and oxygen atoms in total. The molecule has 0 aliphatic heterocycles. The van der Waals surface area contributed by atoms with E-state index in [1.165, 1.54) is 13.2 Å². The van der Waals surface area contributed by atoms with Gasteiger partial charge in [-0.15, -0.1) is 0 Å². The first-order valence-corrected chi connectivity index (χ1v) is 6.46. The van der Waals surface area contributed by atoms with Crippen molar-refractivity contribution < 1.29 is 13.7 Å². The van der Waals surface area contributed by atoms with Gasteiger partial charge in [0.05, 0.1) is 7.11 Å². The lowest BCUT2D eigenvalue weighted by Crippen LogP contribution is -2.21. The van der Waals surface area contributed by atoms with Crippen molar-refractivity contribution >= 4 is 0 Å². The molecule has 1 N–H and O–H groups in total. The van der Waals surface area contributed by atoms with Gasteiger partial charge in [0.15, 0.2) is 17.4 Å². The zero-order valence-corrected chi connectivity index (χ0v) is 11.8. The average molecular weight is 279 g/mol. The number of rotatable bonds is 6. The van der Waals surface area contributed by atoms with E-state index in [9.17, 15) is 4.39 Å². The second-order valence-corrected chi connectivity index (χ2v) is 4.55. The van der Waals surface area contributed by atoms with Crippen molar-refractivity contribution in [3.63, 3.8) is 0 Å². The Balaban J connectivity index is 1.89. The third-order valence-electron chi connectivity index (χ3n) is 3.04. The van der Waals surface area contributed by atoms with Crippen LogP contribution in [0.1, 0.15) is 30.2 Å². The topological polar surface area (TPSA) is 60.2 Å². The Morgan fingerprint density at radius 2 is 2.25 bits per heavy atom. The zero-order chi connectivity index (χ0) is 14.5. The molecule has 1 aromatic carbocycles. The Hall–Kier alpha value is -1.95. The average Bonchev–Trinajstić information content (AvgIpc) is 2.85. The Morgan fingerprint density at radius 1 is 1.45 bits per heavy atom. The van der Waals surface area contributed by atoms with Crippen molar-refractivity contribution in [3.05, 3.63) is 41.3 Å². The second kappa shape index (κ2) is 6.47. The highest BCUT2D eigenvalue weighted by Crippen LogP contribution is 2.22. The van der Waals surface area contributed by atoms with Gasteiger partial charge in [-0.05, 0) is 24.6 Å². The number of aromatic nitrogens is 2. The Morgan fingerprint density at radius 3 is 2.90 bits per heavy atom. The third kappa shape index (κ3) is 3.54. The number of ether oxygens (including phenoxy) is 1. The van der Waals surface area contributed by atoms with Crippen LogP contribution in [0.15, 0.2) is 22.7 Å². The van der Waals surface area contributed by atoms with E-state index in [1.807, 2.05) is 6.92 Å². The molecule has 1 heterocycles. The van der Waals surface area contributed by atoms with Gasteiger partial charge < -0.3 is 14.6 Å². The molecule has 0 aliphatic carbocycles. The van der Waals surface area contributed by atoms with Crippen LogP contribution in [0.4, 0.5) is 4.39 Å². The van der Waals surface area contributed by atoms with E-state index in [2.05, 4.69) is 15.5 Å². The highest BCUT2D eigenvalue weighted by atomic mass is 19.1. The normalized spacial score (nSPS) is 12.4. The summed E-state index contributed by atoms with van der Waals surface area (Å²) in [5.74, 6) is 1.14. The van der Waals surface area contributed by atoms with Gasteiger partial charge in [0.1, 0.15) is 0 Å². The van der Waals surface area contributed by atoms with Crippen LogP contribution in [0.5, 0.6) is 5.75 Å². The van der Waals surface area contributed by atoms with Gasteiger partial charge >= 0.3 is 0 Å². The van der Waals surface area contributed by atoms with Crippen LogP contribution in [0, 0.1) is 12.7 Å². The fourth-order valence-electron chi connectivity index (χ4n) is 1.91. The molecule has 20 heavy (non-hydrogen) atoms.